The number of aliphatic hydroxyl groups is 2. The molecule has 0 aliphatic heterocycles. The van der Waals surface area contributed by atoms with Crippen molar-refractivity contribution in [2.24, 2.45) is 0 Å². The van der Waals surface area contributed by atoms with Crippen LogP contribution in [0.5, 0.6) is 0 Å². The Bertz CT molecular complexity index is 381. The molecule has 7 heteroatoms. The standard InChI is InChI=1S/C13H23NO6/c1-5-19-9(16)13(6-12(18,7-13)8-15)14-10(17)20-11(2,3)4/h15,18H,5-8H2,1-4H3,(H,14,17). The summed E-state index contributed by atoms with van der Waals surface area (Å²) in [5.74, 6) is -0.635. The zero-order chi connectivity index (χ0) is 15.6. The van der Waals surface area contributed by atoms with Crippen LogP contribution in [0, 0.1) is 0 Å². The van der Waals surface area contributed by atoms with E-state index in [4.69, 9.17) is 14.6 Å². The van der Waals surface area contributed by atoms with Gasteiger partial charge in [0, 0.05) is 12.8 Å². The molecule has 0 saturated heterocycles. The molecule has 0 unspecified atom stereocenters. The number of hydrogen-bond donors (Lipinski definition) is 3. The van der Waals surface area contributed by atoms with Crippen LogP contribution in [0.4, 0.5) is 4.79 Å². The number of amides is 1. The van der Waals surface area contributed by atoms with Crippen LogP contribution in [0.25, 0.3) is 0 Å². The number of carbonyl (C=O) groups excluding carboxylic acids is 2. The van der Waals surface area contributed by atoms with Gasteiger partial charge in [0.1, 0.15) is 11.1 Å². The van der Waals surface area contributed by atoms with Crippen molar-refractivity contribution in [1.82, 2.24) is 5.32 Å². The van der Waals surface area contributed by atoms with Crippen LogP contribution in [0.15, 0.2) is 0 Å². The Kier molecular flexibility index (Phi) is 4.66. The van der Waals surface area contributed by atoms with Crippen molar-refractivity contribution < 1.29 is 29.3 Å². The second kappa shape index (κ2) is 5.57. The second-order valence-electron chi connectivity index (χ2n) is 6.17. The first-order valence-corrected chi connectivity index (χ1v) is 6.57. The molecule has 0 atom stereocenters. The number of ether oxygens (including phenoxy) is 2. The van der Waals surface area contributed by atoms with E-state index in [1.165, 1.54) is 0 Å². The largest absolute Gasteiger partial charge is 0.464 e. The van der Waals surface area contributed by atoms with Crippen LogP contribution in [0.2, 0.25) is 0 Å². The molecule has 1 rings (SSSR count). The topological polar surface area (TPSA) is 105 Å². The molecule has 116 valence electrons. The van der Waals surface area contributed by atoms with Gasteiger partial charge in [-0.3, -0.25) is 0 Å². The third-order valence-corrected chi connectivity index (χ3v) is 2.96. The van der Waals surface area contributed by atoms with Crippen LogP contribution in [0.1, 0.15) is 40.5 Å². The van der Waals surface area contributed by atoms with Gasteiger partial charge in [-0.05, 0) is 27.7 Å². The SMILES string of the molecule is CCOC(=O)C1(NC(=O)OC(C)(C)C)CC(O)(CO)C1. The van der Waals surface area contributed by atoms with E-state index < -0.39 is 35.4 Å². The maximum absolute atomic E-state index is 12.0. The average molecular weight is 289 g/mol. The number of aliphatic hydroxyl groups excluding tert-OH is 1. The third kappa shape index (κ3) is 3.83. The third-order valence-electron chi connectivity index (χ3n) is 2.96. The van der Waals surface area contributed by atoms with Gasteiger partial charge in [0.25, 0.3) is 0 Å². The maximum Gasteiger partial charge on any atom is 0.408 e. The van der Waals surface area contributed by atoms with E-state index in [0.29, 0.717) is 0 Å². The van der Waals surface area contributed by atoms with E-state index in [1.807, 2.05) is 0 Å². The fraction of sp³-hybridized carbons (Fsp3) is 0.846. The van der Waals surface area contributed by atoms with Gasteiger partial charge in [0.15, 0.2) is 0 Å². The molecule has 1 saturated carbocycles. The molecule has 1 amide bonds. The molecular formula is C13H23NO6. The van der Waals surface area contributed by atoms with E-state index in [9.17, 15) is 14.7 Å². The fourth-order valence-electron chi connectivity index (χ4n) is 2.24. The summed E-state index contributed by atoms with van der Waals surface area (Å²) >= 11 is 0. The Morgan fingerprint density at radius 3 is 2.25 bits per heavy atom. The molecule has 0 aromatic rings. The van der Waals surface area contributed by atoms with Gasteiger partial charge < -0.3 is 25.0 Å². The highest BCUT2D eigenvalue weighted by Gasteiger charge is 2.60. The number of alkyl carbamates (subject to hydrolysis) is 1. The summed E-state index contributed by atoms with van der Waals surface area (Å²) in [6.45, 7) is 6.44. The van der Waals surface area contributed by atoms with E-state index in [1.54, 1.807) is 27.7 Å². The number of esters is 1. The smallest absolute Gasteiger partial charge is 0.408 e. The lowest BCUT2D eigenvalue weighted by Gasteiger charge is -2.50. The molecule has 20 heavy (non-hydrogen) atoms. The van der Waals surface area contributed by atoms with Crippen LogP contribution in [-0.4, -0.2) is 52.2 Å². The lowest BCUT2D eigenvalue weighted by Crippen LogP contribution is -2.71. The Morgan fingerprint density at radius 1 is 1.30 bits per heavy atom. The van der Waals surface area contributed by atoms with Gasteiger partial charge in [-0.1, -0.05) is 0 Å². The molecule has 0 aromatic heterocycles. The highest BCUT2D eigenvalue weighted by molar-refractivity contribution is 5.87. The highest BCUT2D eigenvalue weighted by Crippen LogP contribution is 2.42. The number of rotatable bonds is 4. The molecule has 0 heterocycles. The molecule has 7 nitrogen and oxygen atoms in total. The average Bonchev–Trinajstić information content (AvgIpc) is 2.23. The van der Waals surface area contributed by atoms with E-state index >= 15 is 0 Å². The summed E-state index contributed by atoms with van der Waals surface area (Å²) in [4.78, 5) is 23.8. The number of nitrogens with one attached hydrogen (secondary N) is 1. The van der Waals surface area contributed by atoms with Crippen molar-refractivity contribution in [1.29, 1.82) is 0 Å². The zero-order valence-corrected chi connectivity index (χ0v) is 12.4. The summed E-state index contributed by atoms with van der Waals surface area (Å²) in [7, 11) is 0. The summed E-state index contributed by atoms with van der Waals surface area (Å²) < 4.78 is 10.0. The van der Waals surface area contributed by atoms with Gasteiger partial charge in [0.05, 0.1) is 18.8 Å². The minimum Gasteiger partial charge on any atom is -0.464 e. The van der Waals surface area contributed by atoms with Crippen molar-refractivity contribution >= 4 is 12.1 Å². The molecule has 0 spiro atoms. The molecule has 1 fully saturated rings. The van der Waals surface area contributed by atoms with Crippen LogP contribution in [-0.2, 0) is 14.3 Å². The maximum atomic E-state index is 12.0. The molecule has 0 bridgehead atoms. The molecule has 0 radical (unpaired) electrons. The second-order valence-corrected chi connectivity index (χ2v) is 6.17. The van der Waals surface area contributed by atoms with Crippen molar-refractivity contribution in [3.05, 3.63) is 0 Å². The van der Waals surface area contributed by atoms with Crippen LogP contribution >= 0.6 is 0 Å². The van der Waals surface area contributed by atoms with E-state index in [2.05, 4.69) is 5.32 Å². The molecule has 0 aromatic carbocycles. The summed E-state index contributed by atoms with van der Waals surface area (Å²) in [6, 6.07) is 0. The van der Waals surface area contributed by atoms with Crippen molar-refractivity contribution in [2.45, 2.75) is 57.3 Å². The normalized spacial score (nSPS) is 29.3. The van der Waals surface area contributed by atoms with Gasteiger partial charge >= 0.3 is 12.1 Å². The minimum atomic E-state index is -1.37. The first-order chi connectivity index (χ1) is 9.06. The van der Waals surface area contributed by atoms with Gasteiger partial charge in [0.2, 0.25) is 0 Å². The summed E-state index contributed by atoms with van der Waals surface area (Å²) in [6.07, 6.45) is -0.964. The van der Waals surface area contributed by atoms with Crippen molar-refractivity contribution in [3.8, 4) is 0 Å². The Balaban J connectivity index is 2.76. The Morgan fingerprint density at radius 2 is 1.85 bits per heavy atom. The van der Waals surface area contributed by atoms with Gasteiger partial charge in [-0.2, -0.15) is 0 Å². The number of hydrogen-bond acceptors (Lipinski definition) is 6. The lowest BCUT2D eigenvalue weighted by molar-refractivity contribution is -0.178. The fourth-order valence-corrected chi connectivity index (χ4v) is 2.24. The van der Waals surface area contributed by atoms with Gasteiger partial charge in [-0.25, -0.2) is 9.59 Å². The molecule has 1 aliphatic carbocycles. The molecule has 3 N–H and O–H groups in total. The molecule has 1 aliphatic rings. The first-order valence-electron chi connectivity index (χ1n) is 6.57. The quantitative estimate of drug-likeness (QED) is 0.644. The highest BCUT2D eigenvalue weighted by atomic mass is 16.6. The first kappa shape index (κ1) is 16.7. The van der Waals surface area contributed by atoms with Gasteiger partial charge in [-0.15, -0.1) is 0 Å². The minimum absolute atomic E-state index is 0.103. The summed E-state index contributed by atoms with van der Waals surface area (Å²) in [5.41, 5.74) is -3.41. The zero-order valence-electron chi connectivity index (χ0n) is 12.4. The predicted molar refractivity (Wildman–Crippen MR) is 70.0 cm³/mol. The molecular weight excluding hydrogens is 266 g/mol. The lowest BCUT2D eigenvalue weighted by atomic mass is 9.65. The summed E-state index contributed by atoms with van der Waals surface area (Å²) in [5, 5.41) is 21.4. The number of carbonyl (C=O) groups is 2. The van der Waals surface area contributed by atoms with E-state index in [0.717, 1.165) is 0 Å². The predicted octanol–water partition coefficient (Wildman–Crippen LogP) is 0.330. The monoisotopic (exact) mass is 289 g/mol. The Hall–Kier alpha value is -1.34. The van der Waals surface area contributed by atoms with E-state index in [-0.39, 0.29) is 19.4 Å². The van der Waals surface area contributed by atoms with Crippen LogP contribution < -0.4 is 5.32 Å². The van der Waals surface area contributed by atoms with Crippen molar-refractivity contribution in [3.63, 3.8) is 0 Å². The van der Waals surface area contributed by atoms with Crippen LogP contribution in [0.3, 0.4) is 0 Å². The van der Waals surface area contributed by atoms with Crippen molar-refractivity contribution in [2.75, 3.05) is 13.2 Å². The Labute approximate surface area is 118 Å².